The van der Waals surface area contributed by atoms with Gasteiger partial charge in [-0.15, -0.1) is 0 Å². The first-order chi connectivity index (χ1) is 20.9. The van der Waals surface area contributed by atoms with Gasteiger partial charge in [-0.3, -0.25) is 24.0 Å². The topological polar surface area (TPSA) is 218 Å². The number of urea groups is 1. The van der Waals surface area contributed by atoms with Gasteiger partial charge in [-0.05, 0) is 37.6 Å². The van der Waals surface area contributed by atoms with Crippen molar-refractivity contribution >= 4 is 41.4 Å². The van der Waals surface area contributed by atoms with E-state index in [1.54, 1.807) is 24.3 Å². The van der Waals surface area contributed by atoms with Crippen LogP contribution in [0.3, 0.4) is 0 Å². The zero-order chi connectivity index (χ0) is 34.9. The lowest BCUT2D eigenvalue weighted by Gasteiger charge is -2.15. The first kappa shape index (κ1) is 46.7. The van der Waals surface area contributed by atoms with E-state index >= 15 is 0 Å². The second-order valence-electron chi connectivity index (χ2n) is 8.29. The van der Waals surface area contributed by atoms with Gasteiger partial charge in [-0.1, -0.05) is 67.0 Å². The van der Waals surface area contributed by atoms with Crippen LogP contribution in [0.25, 0.3) is 0 Å². The zero-order valence-electron chi connectivity index (χ0n) is 27.9. The van der Waals surface area contributed by atoms with Crippen LogP contribution in [-0.4, -0.2) is 73.5 Å². The molecule has 14 nitrogen and oxygen atoms in total. The van der Waals surface area contributed by atoms with Crippen molar-refractivity contribution in [3.8, 4) is 0 Å². The number of carbonyl (C=O) groups excluding carboxylic acids is 5. The molecule has 1 rings (SSSR count). The smallest absolute Gasteiger partial charge is 0.312 e. The van der Waals surface area contributed by atoms with Crippen LogP contribution >= 0.6 is 0 Å². The van der Waals surface area contributed by atoms with Gasteiger partial charge in [-0.2, -0.15) is 0 Å². The van der Waals surface area contributed by atoms with Gasteiger partial charge in [0, 0.05) is 25.6 Å². The fraction of sp³-hybridized carbons (Fsp3) is 0.600. The molecule has 0 aliphatic carbocycles. The Kier molecular flexibility index (Phi) is 35.4. The first-order valence-electron chi connectivity index (χ1n) is 14.9. The Hall–Kier alpha value is -4.20. The Morgan fingerprint density at radius 2 is 1.39 bits per heavy atom. The molecule has 0 spiro atoms. The number of primary amides is 1. The van der Waals surface area contributed by atoms with Crippen LogP contribution in [0.5, 0.6) is 0 Å². The van der Waals surface area contributed by atoms with Crippen molar-refractivity contribution in [3.63, 3.8) is 0 Å². The molecule has 254 valence electrons. The lowest BCUT2D eigenvalue weighted by molar-refractivity contribution is -0.142. The highest BCUT2D eigenvalue weighted by atomic mass is 16.5. The summed E-state index contributed by atoms with van der Waals surface area (Å²) in [7, 11) is 1.51. The van der Waals surface area contributed by atoms with Gasteiger partial charge in [0.1, 0.15) is 6.61 Å². The summed E-state index contributed by atoms with van der Waals surface area (Å²) < 4.78 is 4.87. The number of carboxylic acid groups (broad SMARTS) is 1. The van der Waals surface area contributed by atoms with Gasteiger partial charge in [0.25, 0.3) is 0 Å². The number of nitrogens with two attached hydrogens (primary N) is 1. The predicted octanol–water partition coefficient (Wildman–Crippen LogP) is 2.91. The van der Waals surface area contributed by atoms with E-state index in [4.69, 9.17) is 15.6 Å². The van der Waals surface area contributed by atoms with Crippen LogP contribution in [0.4, 0.5) is 10.5 Å². The summed E-state index contributed by atoms with van der Waals surface area (Å²) in [4.78, 5) is 66.9. The number of nitrogens with one attached hydrogen (secondary N) is 5. The summed E-state index contributed by atoms with van der Waals surface area (Å²) >= 11 is 0. The van der Waals surface area contributed by atoms with E-state index in [9.17, 15) is 28.8 Å². The quantitative estimate of drug-likeness (QED) is 0.150. The van der Waals surface area contributed by atoms with E-state index in [0.29, 0.717) is 12.2 Å². The summed E-state index contributed by atoms with van der Waals surface area (Å²) in [6.07, 6.45) is 2.08. The average molecular weight is 629 g/mol. The zero-order valence-corrected chi connectivity index (χ0v) is 27.9. The van der Waals surface area contributed by atoms with Crippen molar-refractivity contribution < 1.29 is 38.6 Å². The van der Waals surface area contributed by atoms with Gasteiger partial charge in [0.15, 0.2) is 0 Å². The Morgan fingerprint density at radius 3 is 1.80 bits per heavy atom. The van der Waals surface area contributed by atoms with E-state index in [2.05, 4.69) is 40.4 Å². The van der Waals surface area contributed by atoms with Crippen LogP contribution < -0.4 is 32.3 Å². The maximum absolute atomic E-state index is 11.9. The van der Waals surface area contributed by atoms with Crippen LogP contribution in [0.2, 0.25) is 0 Å². The molecule has 0 radical (unpaired) electrons. The third kappa shape index (κ3) is 32.3. The Bertz CT molecular complexity index is 927. The number of hydrogen-bond donors (Lipinski definition) is 7. The van der Waals surface area contributed by atoms with Crippen LogP contribution in [-0.2, 0) is 35.3 Å². The van der Waals surface area contributed by atoms with Crippen LogP contribution in [0, 0.1) is 0 Å². The van der Waals surface area contributed by atoms with Gasteiger partial charge < -0.3 is 42.2 Å². The molecule has 0 heterocycles. The standard InChI is InChI=1S/C19H26N4O7.C4H10N2O.C3H8.2C2H6/c1-12(24)30-11-13-3-5-14(6-4-13)23-17(26)10-21-16(25)9-22-19(29)15(20-2)7-8-18(27)28;1-2-3-6-4(5)7;1-3-2;2*1-2/h3-6,15,20H,7-11H2,1-2H3,(H,21,25)(H,22,29)(H,23,26)(H,27,28);2-3H2,1H3,(H3,5,6,7);3H2,1-2H3;2*1-2H3. The van der Waals surface area contributed by atoms with Gasteiger partial charge in [0.05, 0.1) is 19.1 Å². The first-order valence-corrected chi connectivity index (χ1v) is 14.9. The fourth-order valence-electron chi connectivity index (χ4n) is 2.53. The molecule has 8 N–H and O–H groups in total. The molecular formula is C30H56N6O8. The summed E-state index contributed by atoms with van der Waals surface area (Å²) in [5.41, 5.74) is 5.99. The fourth-order valence-corrected chi connectivity index (χ4v) is 2.53. The SMILES string of the molecule is CC.CC.CCC.CCCNC(N)=O.CNC(CCC(=O)O)C(=O)NCC(=O)NCC(=O)Nc1ccc(COC(C)=O)cc1. The number of rotatable bonds is 14. The number of benzene rings is 1. The normalized spacial score (nSPS) is 9.57. The molecule has 0 aliphatic heterocycles. The lowest BCUT2D eigenvalue weighted by Crippen LogP contribution is -2.47. The molecule has 5 amide bonds. The minimum absolute atomic E-state index is 0.0847. The highest BCUT2D eigenvalue weighted by Gasteiger charge is 2.18. The maximum atomic E-state index is 11.9. The van der Waals surface area contributed by atoms with E-state index in [1.165, 1.54) is 20.4 Å². The Balaban J connectivity index is -0.000000480. The Morgan fingerprint density at radius 1 is 0.864 bits per heavy atom. The highest BCUT2D eigenvalue weighted by molar-refractivity contribution is 5.95. The molecule has 1 aromatic carbocycles. The molecule has 1 atom stereocenters. The number of ether oxygens (including phenoxy) is 1. The van der Waals surface area contributed by atoms with Crippen LogP contribution in [0.15, 0.2) is 24.3 Å². The highest BCUT2D eigenvalue weighted by Crippen LogP contribution is 2.10. The summed E-state index contributed by atoms with van der Waals surface area (Å²) in [5, 5.41) is 21.1. The predicted molar refractivity (Wildman–Crippen MR) is 173 cm³/mol. The second kappa shape index (κ2) is 33.3. The molecule has 0 saturated heterocycles. The third-order valence-corrected chi connectivity index (χ3v) is 4.41. The molecule has 0 aromatic heterocycles. The Labute approximate surface area is 262 Å². The van der Waals surface area contributed by atoms with Crippen molar-refractivity contribution in [1.29, 1.82) is 0 Å². The number of likely N-dealkylation sites (N-methyl/N-ethyl adjacent to an activating group) is 1. The number of carboxylic acids is 1. The minimum atomic E-state index is -1.02. The maximum Gasteiger partial charge on any atom is 0.312 e. The number of amides is 5. The summed E-state index contributed by atoms with van der Waals surface area (Å²) in [5.74, 6) is -2.95. The van der Waals surface area contributed by atoms with Gasteiger partial charge in [0.2, 0.25) is 17.7 Å². The molecule has 14 heteroatoms. The van der Waals surface area contributed by atoms with E-state index in [1.807, 2.05) is 34.6 Å². The van der Waals surface area contributed by atoms with E-state index in [0.717, 1.165) is 12.0 Å². The monoisotopic (exact) mass is 628 g/mol. The molecule has 0 bridgehead atoms. The number of esters is 1. The summed E-state index contributed by atoms with van der Waals surface area (Å²) in [6.45, 7) is 15.7. The molecular weight excluding hydrogens is 572 g/mol. The van der Waals surface area contributed by atoms with Crippen LogP contribution in [0.1, 0.15) is 86.6 Å². The second-order valence-corrected chi connectivity index (χ2v) is 8.29. The molecule has 0 aliphatic rings. The van der Waals surface area contributed by atoms with E-state index < -0.39 is 35.8 Å². The van der Waals surface area contributed by atoms with Gasteiger partial charge in [-0.25, -0.2) is 4.79 Å². The largest absolute Gasteiger partial charge is 0.481 e. The summed E-state index contributed by atoms with van der Waals surface area (Å²) in [6, 6.07) is 5.47. The van der Waals surface area contributed by atoms with Crippen molar-refractivity contribution in [1.82, 2.24) is 21.3 Å². The average Bonchev–Trinajstić information content (AvgIpc) is 3.00. The van der Waals surface area contributed by atoms with Crippen molar-refractivity contribution in [2.75, 3.05) is 32.0 Å². The van der Waals surface area contributed by atoms with Gasteiger partial charge >= 0.3 is 18.0 Å². The number of anilines is 1. The number of carbonyl (C=O) groups is 6. The molecule has 44 heavy (non-hydrogen) atoms. The minimum Gasteiger partial charge on any atom is -0.481 e. The molecule has 1 aromatic rings. The van der Waals surface area contributed by atoms with Crippen molar-refractivity contribution in [2.24, 2.45) is 5.73 Å². The lowest BCUT2D eigenvalue weighted by atomic mass is 10.1. The molecule has 0 fully saturated rings. The molecule has 1 unspecified atom stereocenters. The van der Waals surface area contributed by atoms with E-state index in [-0.39, 0.29) is 38.5 Å². The van der Waals surface area contributed by atoms with Crippen molar-refractivity contribution in [2.45, 2.75) is 93.7 Å². The number of hydrogen-bond acceptors (Lipinski definition) is 8. The number of aliphatic carboxylic acids is 1. The van der Waals surface area contributed by atoms with Crippen molar-refractivity contribution in [3.05, 3.63) is 29.8 Å². The third-order valence-electron chi connectivity index (χ3n) is 4.41. The molecule has 0 saturated carbocycles.